The number of fused-ring (bicyclic) bond motifs is 4. The summed E-state index contributed by atoms with van der Waals surface area (Å²) in [6.07, 6.45) is 0. The molecule has 1 heterocycles. The van der Waals surface area contributed by atoms with Crippen molar-refractivity contribution in [3.63, 3.8) is 0 Å². The van der Waals surface area contributed by atoms with Crippen LogP contribution in [0.5, 0.6) is 0 Å². The van der Waals surface area contributed by atoms with Crippen molar-refractivity contribution in [3.8, 4) is 0 Å². The van der Waals surface area contributed by atoms with Gasteiger partial charge in [0.15, 0.2) is 0 Å². The van der Waals surface area contributed by atoms with Gasteiger partial charge in [-0.15, -0.1) is 0 Å². The second kappa shape index (κ2) is 4.67. The lowest BCUT2D eigenvalue weighted by atomic mass is 9.92. The van der Waals surface area contributed by atoms with Gasteiger partial charge in [-0.1, -0.05) is 48.5 Å². The first-order chi connectivity index (χ1) is 12.8. The SMILES string of the molecule is C[n+]1c2ccccc2[n+](C)c2c3cccc4ccc5cccc(c5c43)c21. The molecule has 0 amide bonds. The zero-order valence-corrected chi connectivity index (χ0v) is 14.8. The number of hydrogen-bond donors (Lipinski definition) is 0. The molecule has 0 N–H and O–H groups in total. The Morgan fingerprint density at radius 2 is 0.962 bits per heavy atom. The number of rotatable bonds is 0. The van der Waals surface area contributed by atoms with E-state index in [1.807, 2.05) is 0 Å². The summed E-state index contributed by atoms with van der Waals surface area (Å²) in [6.45, 7) is 0. The van der Waals surface area contributed by atoms with E-state index in [4.69, 9.17) is 0 Å². The van der Waals surface area contributed by atoms with Gasteiger partial charge in [-0.25, -0.2) is 0 Å². The Morgan fingerprint density at radius 1 is 0.500 bits per heavy atom. The van der Waals surface area contributed by atoms with Crippen LogP contribution in [0.15, 0.2) is 72.8 Å². The minimum atomic E-state index is 1.25. The molecule has 2 nitrogen and oxygen atoms in total. The van der Waals surface area contributed by atoms with Gasteiger partial charge in [0.05, 0.1) is 10.8 Å². The molecule has 0 unspecified atom stereocenters. The fourth-order valence-corrected chi connectivity index (χ4v) is 4.76. The zero-order chi connectivity index (χ0) is 17.4. The lowest BCUT2D eigenvalue weighted by Gasteiger charge is -2.12. The van der Waals surface area contributed by atoms with Gasteiger partial charge in [0, 0.05) is 22.9 Å². The van der Waals surface area contributed by atoms with Crippen LogP contribution in [0, 0.1) is 0 Å². The van der Waals surface area contributed by atoms with E-state index < -0.39 is 0 Å². The van der Waals surface area contributed by atoms with Gasteiger partial charge < -0.3 is 0 Å². The Hall–Kier alpha value is -3.26. The first-order valence-electron chi connectivity index (χ1n) is 9.01. The van der Waals surface area contributed by atoms with Crippen LogP contribution in [0.25, 0.3) is 54.4 Å². The van der Waals surface area contributed by atoms with Crippen LogP contribution in [-0.4, -0.2) is 0 Å². The lowest BCUT2D eigenvalue weighted by Crippen LogP contribution is -2.41. The monoisotopic (exact) mass is 334 g/mol. The molecule has 1 aromatic heterocycles. The van der Waals surface area contributed by atoms with Gasteiger partial charge >= 0.3 is 0 Å². The topological polar surface area (TPSA) is 7.76 Å². The number of para-hydroxylation sites is 2. The third-order valence-electron chi connectivity index (χ3n) is 5.90. The average Bonchev–Trinajstić information content (AvgIpc) is 2.70. The van der Waals surface area contributed by atoms with Gasteiger partial charge in [-0.2, -0.15) is 9.13 Å². The molecular formula is C24H18N2+2. The highest BCUT2D eigenvalue weighted by Crippen LogP contribution is 2.38. The van der Waals surface area contributed by atoms with E-state index in [1.165, 1.54) is 54.4 Å². The molecule has 0 saturated heterocycles. The number of hydrogen-bond acceptors (Lipinski definition) is 0. The predicted octanol–water partition coefficient (Wildman–Crippen LogP) is 4.54. The van der Waals surface area contributed by atoms with Crippen LogP contribution in [0.3, 0.4) is 0 Å². The van der Waals surface area contributed by atoms with Crippen LogP contribution < -0.4 is 9.13 Å². The fraction of sp³-hybridized carbons (Fsp3) is 0.0833. The Kier molecular flexibility index (Phi) is 2.51. The van der Waals surface area contributed by atoms with Crippen LogP contribution in [0.1, 0.15) is 0 Å². The number of nitrogens with zero attached hydrogens (tertiary/aromatic N) is 2. The molecule has 0 saturated carbocycles. The van der Waals surface area contributed by atoms with Crippen molar-refractivity contribution in [3.05, 3.63) is 72.8 Å². The average molecular weight is 334 g/mol. The molecule has 0 aliphatic rings. The summed E-state index contributed by atoms with van der Waals surface area (Å²) in [5, 5.41) is 8.02. The molecule has 6 aromatic rings. The third-order valence-corrected chi connectivity index (χ3v) is 5.90. The second-order valence-electron chi connectivity index (χ2n) is 7.18. The van der Waals surface area contributed by atoms with Gasteiger partial charge in [0.1, 0.15) is 14.1 Å². The lowest BCUT2D eigenvalue weighted by molar-refractivity contribution is -0.657. The molecule has 0 fully saturated rings. The zero-order valence-electron chi connectivity index (χ0n) is 14.8. The molecule has 5 aromatic carbocycles. The summed E-state index contributed by atoms with van der Waals surface area (Å²) in [5.74, 6) is 0. The van der Waals surface area contributed by atoms with E-state index in [9.17, 15) is 0 Å². The van der Waals surface area contributed by atoms with Gasteiger partial charge in [0.25, 0.3) is 22.1 Å². The van der Waals surface area contributed by atoms with E-state index in [-0.39, 0.29) is 0 Å². The minimum Gasteiger partial charge on any atom is -0.183 e. The van der Waals surface area contributed by atoms with Crippen LogP contribution >= 0.6 is 0 Å². The van der Waals surface area contributed by atoms with E-state index >= 15 is 0 Å². The Morgan fingerprint density at radius 3 is 1.42 bits per heavy atom. The highest BCUT2D eigenvalue weighted by Gasteiger charge is 2.28. The van der Waals surface area contributed by atoms with E-state index in [0.717, 1.165) is 0 Å². The molecule has 0 atom stereocenters. The van der Waals surface area contributed by atoms with Gasteiger partial charge in [-0.3, -0.25) is 0 Å². The van der Waals surface area contributed by atoms with E-state index in [2.05, 4.69) is 96.0 Å². The first-order valence-corrected chi connectivity index (χ1v) is 9.01. The Labute approximate surface area is 150 Å². The summed E-state index contributed by atoms with van der Waals surface area (Å²) >= 11 is 0. The van der Waals surface area contributed by atoms with Crippen molar-refractivity contribution in [1.29, 1.82) is 0 Å². The summed E-state index contributed by atoms with van der Waals surface area (Å²) in [4.78, 5) is 0. The minimum absolute atomic E-state index is 1.25. The van der Waals surface area contributed by atoms with Crippen LogP contribution in [0.4, 0.5) is 0 Å². The molecule has 0 bridgehead atoms. The summed E-state index contributed by atoms with van der Waals surface area (Å²) in [6, 6.07) is 26.5. The molecule has 0 aliphatic carbocycles. The number of benzene rings is 5. The van der Waals surface area contributed by atoms with Crippen molar-refractivity contribution in [2.75, 3.05) is 0 Å². The van der Waals surface area contributed by atoms with Gasteiger partial charge in [0.2, 0.25) is 0 Å². The molecule has 122 valence electrons. The van der Waals surface area contributed by atoms with Crippen LogP contribution in [-0.2, 0) is 14.1 Å². The van der Waals surface area contributed by atoms with Crippen molar-refractivity contribution in [2.45, 2.75) is 0 Å². The van der Waals surface area contributed by atoms with Crippen molar-refractivity contribution < 1.29 is 9.13 Å². The van der Waals surface area contributed by atoms with Crippen molar-refractivity contribution in [1.82, 2.24) is 0 Å². The maximum atomic E-state index is 2.36. The summed E-state index contributed by atoms with van der Waals surface area (Å²) in [7, 11) is 4.38. The summed E-state index contributed by atoms with van der Waals surface area (Å²) < 4.78 is 4.71. The summed E-state index contributed by atoms with van der Waals surface area (Å²) in [5.41, 5.74) is 5.08. The highest BCUT2D eigenvalue weighted by atomic mass is 15.0. The van der Waals surface area contributed by atoms with Gasteiger partial charge in [-0.05, 0) is 22.9 Å². The highest BCUT2D eigenvalue weighted by molar-refractivity contribution is 6.31. The maximum absolute atomic E-state index is 2.36. The molecule has 2 heteroatoms. The largest absolute Gasteiger partial charge is 0.286 e. The van der Waals surface area contributed by atoms with Crippen molar-refractivity contribution >= 4 is 54.4 Å². The first kappa shape index (κ1) is 14.0. The third kappa shape index (κ3) is 1.53. The Bertz CT molecular complexity index is 1380. The number of aryl methyl sites for hydroxylation is 2. The van der Waals surface area contributed by atoms with Crippen molar-refractivity contribution in [2.24, 2.45) is 14.1 Å². The fourth-order valence-electron chi connectivity index (χ4n) is 4.76. The van der Waals surface area contributed by atoms with Crippen LogP contribution in [0.2, 0.25) is 0 Å². The molecule has 0 aliphatic heterocycles. The smallest absolute Gasteiger partial charge is 0.183 e. The predicted molar refractivity (Wildman–Crippen MR) is 108 cm³/mol. The second-order valence-corrected chi connectivity index (χ2v) is 7.18. The molecular weight excluding hydrogens is 316 g/mol. The van der Waals surface area contributed by atoms with E-state index in [0.29, 0.717) is 0 Å². The van der Waals surface area contributed by atoms with E-state index in [1.54, 1.807) is 0 Å². The molecule has 26 heavy (non-hydrogen) atoms. The standard InChI is InChI=1S/C24H18N2/c1-25-19-11-3-4-12-20(19)26(2)24-18-10-6-8-16-14-13-15-7-5-9-17(23(24)25)21(15)22(16)18/h3-14H,1-2H3/q+2. The normalized spacial score (nSPS) is 12.2. The quantitative estimate of drug-likeness (QED) is 0.219. The molecule has 0 spiro atoms. The Balaban J connectivity index is 2.12. The number of aromatic nitrogens is 2. The molecule has 0 radical (unpaired) electrons. The molecule has 6 rings (SSSR count). The maximum Gasteiger partial charge on any atom is 0.286 e.